The number of nitrogens with one attached hydrogen (secondary N) is 2. The molecule has 112 valence electrons. The highest BCUT2D eigenvalue weighted by atomic mass is 15.1. The Bertz CT molecular complexity index is 598. The highest BCUT2D eigenvalue weighted by Crippen LogP contribution is 2.28. The van der Waals surface area contributed by atoms with E-state index in [1.54, 1.807) is 0 Å². The molecular formula is C18H25N3. The first kappa shape index (κ1) is 15.4. The van der Waals surface area contributed by atoms with Crippen molar-refractivity contribution in [1.82, 2.24) is 10.2 Å². The van der Waals surface area contributed by atoms with Gasteiger partial charge in [0.25, 0.3) is 0 Å². The summed E-state index contributed by atoms with van der Waals surface area (Å²) in [4.78, 5) is 1.96. The van der Waals surface area contributed by atoms with Gasteiger partial charge in [-0.05, 0) is 43.1 Å². The molecule has 0 aromatic heterocycles. The fourth-order valence-electron chi connectivity index (χ4n) is 2.36. The second-order valence-corrected chi connectivity index (χ2v) is 6.07. The van der Waals surface area contributed by atoms with Crippen LogP contribution in [-0.4, -0.2) is 24.3 Å². The summed E-state index contributed by atoms with van der Waals surface area (Å²) in [6, 6.07) is 0. The summed E-state index contributed by atoms with van der Waals surface area (Å²) >= 11 is 0. The second-order valence-electron chi connectivity index (χ2n) is 6.07. The lowest BCUT2D eigenvalue weighted by atomic mass is 9.91. The van der Waals surface area contributed by atoms with Crippen molar-refractivity contribution in [3.63, 3.8) is 0 Å². The van der Waals surface area contributed by atoms with Gasteiger partial charge in [0.1, 0.15) is 5.84 Å². The first-order valence-electron chi connectivity index (χ1n) is 7.43. The van der Waals surface area contributed by atoms with E-state index in [-0.39, 0.29) is 0 Å². The lowest BCUT2D eigenvalue weighted by Crippen LogP contribution is -2.30. The molecule has 3 nitrogen and oxygen atoms in total. The van der Waals surface area contributed by atoms with E-state index < -0.39 is 0 Å². The lowest BCUT2D eigenvalue weighted by molar-refractivity contribution is 0.546. The van der Waals surface area contributed by atoms with Crippen LogP contribution in [0.4, 0.5) is 0 Å². The summed E-state index contributed by atoms with van der Waals surface area (Å²) in [6.45, 7) is 9.51. The normalized spacial score (nSPS) is 23.2. The van der Waals surface area contributed by atoms with E-state index in [1.165, 1.54) is 28.0 Å². The van der Waals surface area contributed by atoms with Crippen LogP contribution in [0.1, 0.15) is 27.7 Å². The number of hydrogen-bond donors (Lipinski definition) is 2. The molecule has 2 aliphatic heterocycles. The van der Waals surface area contributed by atoms with E-state index in [2.05, 4.69) is 51.2 Å². The molecule has 0 aromatic rings. The zero-order valence-electron chi connectivity index (χ0n) is 13.6. The van der Waals surface area contributed by atoms with Crippen molar-refractivity contribution < 1.29 is 0 Å². The molecule has 0 aromatic carbocycles. The van der Waals surface area contributed by atoms with Crippen LogP contribution < -0.4 is 5.32 Å². The van der Waals surface area contributed by atoms with Gasteiger partial charge in [-0.25, -0.2) is 0 Å². The predicted molar refractivity (Wildman–Crippen MR) is 90.1 cm³/mol. The minimum absolute atomic E-state index is 0.542. The van der Waals surface area contributed by atoms with Crippen molar-refractivity contribution in [2.75, 3.05) is 13.6 Å². The van der Waals surface area contributed by atoms with Crippen LogP contribution in [0.5, 0.6) is 0 Å². The Balaban J connectivity index is 2.49. The largest absolute Gasteiger partial charge is 0.365 e. The zero-order chi connectivity index (χ0) is 15.6. The van der Waals surface area contributed by atoms with Crippen LogP contribution in [0, 0.1) is 11.3 Å². The van der Waals surface area contributed by atoms with E-state index in [0.717, 1.165) is 6.54 Å². The van der Waals surface area contributed by atoms with Crippen LogP contribution in [0.15, 0.2) is 58.5 Å². The summed E-state index contributed by atoms with van der Waals surface area (Å²) < 4.78 is 0. The Morgan fingerprint density at radius 3 is 2.67 bits per heavy atom. The van der Waals surface area contributed by atoms with Gasteiger partial charge in [-0.3, -0.25) is 5.41 Å². The molecule has 0 saturated heterocycles. The van der Waals surface area contributed by atoms with E-state index >= 15 is 0 Å². The number of amidine groups is 1. The third-order valence-electron chi connectivity index (χ3n) is 4.13. The molecule has 0 bridgehead atoms. The maximum atomic E-state index is 7.82. The quantitative estimate of drug-likeness (QED) is 0.810. The van der Waals surface area contributed by atoms with E-state index in [1.807, 2.05) is 24.2 Å². The van der Waals surface area contributed by atoms with Gasteiger partial charge in [0.2, 0.25) is 0 Å². The standard InChI is InChI=1S/C18H25N3/c1-12(2)13(3)10-17-14(4)20-9-8-16(17)15-6-7-18(19)21(5)11-15/h6-10,12,19-20H,11H2,1-5H3/b13-10+,16-15+,19-18?. The van der Waals surface area contributed by atoms with Crippen molar-refractivity contribution in [2.24, 2.45) is 5.92 Å². The highest BCUT2D eigenvalue weighted by Gasteiger charge is 2.17. The minimum Gasteiger partial charge on any atom is -0.365 e. The molecule has 0 unspecified atom stereocenters. The number of likely N-dealkylation sites (N-methyl/N-ethyl adjacent to an activating group) is 1. The van der Waals surface area contributed by atoms with Crippen molar-refractivity contribution in [2.45, 2.75) is 27.7 Å². The number of nitrogens with zero attached hydrogens (tertiary/aromatic N) is 1. The summed E-state index contributed by atoms with van der Waals surface area (Å²) in [5.41, 5.74) is 6.32. The molecular weight excluding hydrogens is 258 g/mol. The average molecular weight is 283 g/mol. The fourth-order valence-corrected chi connectivity index (χ4v) is 2.36. The van der Waals surface area contributed by atoms with Crippen LogP contribution in [0.3, 0.4) is 0 Å². The topological polar surface area (TPSA) is 39.1 Å². The molecule has 0 atom stereocenters. The average Bonchev–Trinajstić information content (AvgIpc) is 2.44. The first-order chi connectivity index (χ1) is 9.90. The summed E-state index contributed by atoms with van der Waals surface area (Å²) in [5, 5.41) is 11.1. The van der Waals surface area contributed by atoms with Gasteiger partial charge in [0.15, 0.2) is 0 Å². The monoisotopic (exact) mass is 283 g/mol. The maximum absolute atomic E-state index is 7.82. The fraction of sp³-hybridized carbons (Fsp3) is 0.389. The van der Waals surface area contributed by atoms with Gasteiger partial charge in [-0.2, -0.15) is 0 Å². The zero-order valence-corrected chi connectivity index (χ0v) is 13.6. The minimum atomic E-state index is 0.542. The smallest absolute Gasteiger partial charge is 0.120 e. The summed E-state index contributed by atoms with van der Waals surface area (Å²) in [5.74, 6) is 1.11. The molecule has 21 heavy (non-hydrogen) atoms. The Labute approximate surface area is 127 Å². The number of dihydropyridines is 1. The molecule has 0 radical (unpaired) electrons. The molecule has 0 amide bonds. The third-order valence-corrected chi connectivity index (χ3v) is 4.13. The molecule has 2 heterocycles. The van der Waals surface area contributed by atoms with Gasteiger partial charge >= 0.3 is 0 Å². The van der Waals surface area contributed by atoms with E-state index in [0.29, 0.717) is 11.8 Å². The van der Waals surface area contributed by atoms with Crippen molar-refractivity contribution in [3.05, 3.63) is 58.5 Å². The van der Waals surface area contributed by atoms with Crippen molar-refractivity contribution in [3.8, 4) is 0 Å². The van der Waals surface area contributed by atoms with Crippen LogP contribution in [0.25, 0.3) is 0 Å². The van der Waals surface area contributed by atoms with Gasteiger partial charge in [-0.15, -0.1) is 0 Å². The predicted octanol–water partition coefficient (Wildman–Crippen LogP) is 3.76. The molecule has 0 aliphatic carbocycles. The molecule has 0 spiro atoms. The van der Waals surface area contributed by atoms with Crippen LogP contribution in [0.2, 0.25) is 0 Å². The first-order valence-corrected chi connectivity index (χ1v) is 7.43. The number of rotatable bonds is 2. The van der Waals surface area contributed by atoms with Gasteiger partial charge < -0.3 is 10.2 Å². The molecule has 3 heteroatoms. The van der Waals surface area contributed by atoms with Crippen LogP contribution in [-0.2, 0) is 0 Å². The Morgan fingerprint density at radius 1 is 1.33 bits per heavy atom. The van der Waals surface area contributed by atoms with Crippen LogP contribution >= 0.6 is 0 Å². The maximum Gasteiger partial charge on any atom is 0.120 e. The molecule has 0 saturated carbocycles. The van der Waals surface area contributed by atoms with Gasteiger partial charge in [0, 0.05) is 31.1 Å². The molecule has 2 aliphatic rings. The second kappa shape index (κ2) is 6.17. The van der Waals surface area contributed by atoms with Gasteiger partial charge in [-0.1, -0.05) is 31.6 Å². The lowest BCUT2D eigenvalue weighted by Gasteiger charge is -2.26. The van der Waals surface area contributed by atoms with E-state index in [4.69, 9.17) is 5.41 Å². The Morgan fingerprint density at radius 2 is 2.05 bits per heavy atom. The van der Waals surface area contributed by atoms with Crippen molar-refractivity contribution in [1.29, 1.82) is 5.41 Å². The van der Waals surface area contributed by atoms with Crippen molar-refractivity contribution >= 4 is 5.84 Å². The molecule has 2 rings (SSSR count). The van der Waals surface area contributed by atoms with E-state index in [9.17, 15) is 0 Å². The molecule has 2 N–H and O–H groups in total. The Hall–Kier alpha value is -2.03. The van der Waals surface area contributed by atoms with Gasteiger partial charge in [0.05, 0.1) is 0 Å². The number of allylic oxidation sites excluding steroid dienone is 6. The summed E-state index contributed by atoms with van der Waals surface area (Å²) in [6.07, 6.45) is 10.3. The number of hydrogen-bond acceptors (Lipinski definition) is 2. The molecule has 0 fully saturated rings. The Kier molecular flexibility index (Phi) is 4.51. The highest BCUT2D eigenvalue weighted by molar-refractivity contribution is 5.92. The summed E-state index contributed by atoms with van der Waals surface area (Å²) in [7, 11) is 1.96. The third kappa shape index (κ3) is 3.35. The SMILES string of the molecule is CC1=C(/C=C(\C)C(C)C)/C(=C2\C=CC(=N)N(C)C2)C=CN1.